The highest BCUT2D eigenvalue weighted by Gasteiger charge is 2.34. The summed E-state index contributed by atoms with van der Waals surface area (Å²) in [5, 5.41) is 5.23. The highest BCUT2D eigenvalue weighted by Crippen LogP contribution is 2.29. The second kappa shape index (κ2) is 11.3. The average molecular weight is 477 g/mol. The van der Waals surface area contributed by atoms with Gasteiger partial charge in [0, 0.05) is 17.5 Å². The van der Waals surface area contributed by atoms with Crippen molar-refractivity contribution in [3.63, 3.8) is 0 Å². The van der Waals surface area contributed by atoms with Crippen molar-refractivity contribution in [1.29, 1.82) is 0 Å². The van der Waals surface area contributed by atoms with Crippen molar-refractivity contribution in [3.05, 3.63) is 87.6 Å². The molecular formula is C28H32N2O3S. The maximum atomic E-state index is 13.8. The average Bonchev–Trinajstić information content (AvgIpc) is 3.54. The summed E-state index contributed by atoms with van der Waals surface area (Å²) in [6.45, 7) is 2.32. The van der Waals surface area contributed by atoms with Gasteiger partial charge in [0.2, 0.25) is 11.8 Å². The molecule has 6 heteroatoms. The second-order valence-electron chi connectivity index (χ2n) is 8.88. The zero-order chi connectivity index (χ0) is 23.9. The Balaban J connectivity index is 1.72. The lowest BCUT2D eigenvalue weighted by Crippen LogP contribution is -2.46. The van der Waals surface area contributed by atoms with E-state index < -0.39 is 6.04 Å². The molecule has 1 N–H and O–H groups in total. The van der Waals surface area contributed by atoms with Crippen molar-refractivity contribution in [2.24, 2.45) is 0 Å². The summed E-state index contributed by atoms with van der Waals surface area (Å²) in [7, 11) is 1.63. The van der Waals surface area contributed by atoms with Crippen LogP contribution < -0.4 is 10.1 Å². The highest BCUT2D eigenvalue weighted by atomic mass is 32.1. The summed E-state index contributed by atoms with van der Waals surface area (Å²) in [5.41, 5.74) is 2.78. The number of rotatable bonds is 9. The van der Waals surface area contributed by atoms with Gasteiger partial charge in [0.05, 0.1) is 13.5 Å². The second-order valence-corrected chi connectivity index (χ2v) is 9.91. The fourth-order valence-electron chi connectivity index (χ4n) is 4.65. The Kier molecular flexibility index (Phi) is 8.01. The number of benzene rings is 2. The van der Waals surface area contributed by atoms with Gasteiger partial charge in [0.15, 0.2) is 0 Å². The molecule has 4 rings (SSSR count). The molecule has 34 heavy (non-hydrogen) atoms. The van der Waals surface area contributed by atoms with E-state index in [1.165, 1.54) is 0 Å². The fourth-order valence-corrected chi connectivity index (χ4v) is 5.35. The number of methoxy groups -OCH3 is 1. The monoisotopic (exact) mass is 476 g/mol. The largest absolute Gasteiger partial charge is 0.497 e. The van der Waals surface area contributed by atoms with E-state index in [9.17, 15) is 9.59 Å². The van der Waals surface area contributed by atoms with E-state index in [0.29, 0.717) is 6.54 Å². The molecule has 0 saturated heterocycles. The van der Waals surface area contributed by atoms with Crippen LogP contribution in [0.15, 0.2) is 66.0 Å². The van der Waals surface area contributed by atoms with Crippen molar-refractivity contribution in [2.45, 2.75) is 57.7 Å². The van der Waals surface area contributed by atoms with Crippen LogP contribution in [0, 0.1) is 6.92 Å². The lowest BCUT2D eigenvalue weighted by Gasteiger charge is -2.33. The minimum absolute atomic E-state index is 0.0694. The van der Waals surface area contributed by atoms with Crippen LogP contribution in [-0.4, -0.2) is 29.9 Å². The predicted octanol–water partition coefficient (Wildman–Crippen LogP) is 5.44. The van der Waals surface area contributed by atoms with Crippen LogP contribution >= 0.6 is 11.3 Å². The molecule has 1 aliphatic carbocycles. The Morgan fingerprint density at radius 2 is 1.88 bits per heavy atom. The van der Waals surface area contributed by atoms with E-state index in [1.54, 1.807) is 23.3 Å². The van der Waals surface area contributed by atoms with Gasteiger partial charge in [0.25, 0.3) is 0 Å². The normalized spacial score (nSPS) is 14.5. The van der Waals surface area contributed by atoms with Crippen LogP contribution in [0.5, 0.6) is 5.75 Å². The van der Waals surface area contributed by atoms with Gasteiger partial charge in [-0.15, -0.1) is 11.3 Å². The van der Waals surface area contributed by atoms with Gasteiger partial charge in [-0.05, 0) is 60.0 Å². The smallest absolute Gasteiger partial charge is 0.247 e. The number of thiophene rings is 1. The van der Waals surface area contributed by atoms with Crippen LogP contribution in [0.2, 0.25) is 0 Å². The van der Waals surface area contributed by atoms with Gasteiger partial charge < -0.3 is 15.0 Å². The summed E-state index contributed by atoms with van der Waals surface area (Å²) in [6.07, 6.45) is 4.51. The first kappa shape index (κ1) is 24.0. The Labute approximate surface area is 205 Å². The highest BCUT2D eigenvalue weighted by molar-refractivity contribution is 7.10. The molecule has 3 aromatic rings. The zero-order valence-electron chi connectivity index (χ0n) is 19.8. The minimum Gasteiger partial charge on any atom is -0.497 e. The number of hydrogen-bond acceptors (Lipinski definition) is 4. The minimum atomic E-state index is -0.708. The van der Waals surface area contributed by atoms with E-state index in [-0.39, 0.29) is 24.3 Å². The molecule has 0 radical (unpaired) electrons. The molecule has 1 heterocycles. The van der Waals surface area contributed by atoms with Crippen molar-refractivity contribution in [1.82, 2.24) is 10.2 Å². The Morgan fingerprint density at radius 3 is 2.59 bits per heavy atom. The van der Waals surface area contributed by atoms with Crippen LogP contribution in [-0.2, 0) is 22.6 Å². The molecule has 5 nitrogen and oxygen atoms in total. The van der Waals surface area contributed by atoms with Gasteiger partial charge in [-0.1, -0.05) is 55.3 Å². The van der Waals surface area contributed by atoms with E-state index >= 15 is 0 Å². The van der Waals surface area contributed by atoms with Gasteiger partial charge in [0.1, 0.15) is 11.8 Å². The molecule has 1 saturated carbocycles. The standard InChI is InChI=1S/C28H32N2O3S/c1-20-9-3-6-15-25(20)27(28(32)29-22-11-4-5-12-22)30(26(31)18-24-14-8-16-34-24)19-21-10-7-13-23(17-21)33-2/h3,6-10,13-17,22,27H,4-5,11-12,18-19H2,1-2H3,(H,29,32). The number of carbonyl (C=O) groups excluding carboxylic acids is 2. The first-order valence-electron chi connectivity index (χ1n) is 11.9. The quantitative estimate of drug-likeness (QED) is 0.448. The molecule has 0 aliphatic heterocycles. The first-order valence-corrected chi connectivity index (χ1v) is 12.7. The van der Waals surface area contributed by atoms with Crippen molar-refractivity contribution < 1.29 is 14.3 Å². The number of aryl methyl sites for hydroxylation is 1. The van der Waals surface area contributed by atoms with Gasteiger partial charge in [-0.3, -0.25) is 9.59 Å². The number of amides is 2. The number of hydrogen-bond donors (Lipinski definition) is 1. The molecule has 2 amide bonds. The topological polar surface area (TPSA) is 58.6 Å². The molecule has 1 aliphatic rings. The maximum Gasteiger partial charge on any atom is 0.247 e. The number of nitrogens with one attached hydrogen (secondary N) is 1. The third-order valence-corrected chi connectivity index (χ3v) is 7.33. The van der Waals surface area contributed by atoms with Crippen LogP contribution in [0.1, 0.15) is 53.3 Å². The molecule has 1 fully saturated rings. The van der Waals surface area contributed by atoms with Crippen molar-refractivity contribution >= 4 is 23.2 Å². The Bertz CT molecular complexity index is 1110. The molecule has 1 aromatic heterocycles. The van der Waals surface area contributed by atoms with E-state index in [1.807, 2.05) is 73.0 Å². The van der Waals surface area contributed by atoms with E-state index in [4.69, 9.17) is 4.74 Å². The summed E-state index contributed by atoms with van der Waals surface area (Å²) in [5.74, 6) is 0.551. The third-order valence-electron chi connectivity index (χ3n) is 6.46. The zero-order valence-corrected chi connectivity index (χ0v) is 20.6. The molecule has 0 bridgehead atoms. The summed E-state index contributed by atoms with van der Waals surface area (Å²) < 4.78 is 5.40. The molecular weight excluding hydrogens is 444 g/mol. The van der Waals surface area contributed by atoms with Gasteiger partial charge in [-0.2, -0.15) is 0 Å². The van der Waals surface area contributed by atoms with E-state index in [2.05, 4.69) is 5.32 Å². The van der Waals surface area contributed by atoms with Crippen molar-refractivity contribution in [3.8, 4) is 5.75 Å². The lowest BCUT2D eigenvalue weighted by atomic mass is 9.97. The number of carbonyl (C=O) groups is 2. The van der Waals surface area contributed by atoms with Crippen LogP contribution in [0.3, 0.4) is 0 Å². The number of nitrogens with zero attached hydrogens (tertiary/aromatic N) is 1. The fraction of sp³-hybridized carbons (Fsp3) is 0.357. The van der Waals surface area contributed by atoms with Gasteiger partial charge in [-0.25, -0.2) is 0 Å². The summed E-state index contributed by atoms with van der Waals surface area (Å²) in [6, 6.07) is 18.9. The number of ether oxygens (including phenoxy) is 1. The summed E-state index contributed by atoms with van der Waals surface area (Å²) in [4.78, 5) is 30.3. The molecule has 2 aromatic carbocycles. The Morgan fingerprint density at radius 1 is 1.09 bits per heavy atom. The van der Waals surface area contributed by atoms with Crippen LogP contribution in [0.4, 0.5) is 0 Å². The van der Waals surface area contributed by atoms with E-state index in [0.717, 1.165) is 53.0 Å². The first-order chi connectivity index (χ1) is 16.5. The third kappa shape index (κ3) is 5.86. The Hall–Kier alpha value is -3.12. The molecule has 0 spiro atoms. The van der Waals surface area contributed by atoms with Crippen molar-refractivity contribution in [2.75, 3.05) is 7.11 Å². The summed E-state index contributed by atoms with van der Waals surface area (Å²) >= 11 is 1.56. The lowest BCUT2D eigenvalue weighted by molar-refractivity contribution is -0.141. The van der Waals surface area contributed by atoms with Gasteiger partial charge >= 0.3 is 0 Å². The molecule has 1 unspecified atom stereocenters. The predicted molar refractivity (Wildman–Crippen MR) is 136 cm³/mol. The molecule has 1 atom stereocenters. The van der Waals surface area contributed by atoms with Crippen LogP contribution in [0.25, 0.3) is 0 Å². The molecule has 178 valence electrons. The SMILES string of the molecule is COc1cccc(CN(C(=O)Cc2cccs2)C(C(=O)NC2CCCC2)c2ccccc2C)c1. The maximum absolute atomic E-state index is 13.8.